The van der Waals surface area contributed by atoms with E-state index in [1.54, 1.807) is 0 Å². The summed E-state index contributed by atoms with van der Waals surface area (Å²) in [7, 11) is 0. The molecule has 3 nitrogen and oxygen atoms in total. The van der Waals surface area contributed by atoms with Crippen LogP contribution in [0.4, 0.5) is 0 Å². The maximum atomic E-state index is 10.3. The summed E-state index contributed by atoms with van der Waals surface area (Å²) < 4.78 is 0. The first-order valence-electron chi connectivity index (χ1n) is 8.31. The quantitative estimate of drug-likeness (QED) is 0.746. The van der Waals surface area contributed by atoms with E-state index in [1.807, 2.05) is 36.0 Å². The molecule has 0 bridgehead atoms. The molecule has 3 rings (SSSR count). The number of nitrogens with two attached hydrogens (primary N) is 1. The van der Waals surface area contributed by atoms with E-state index in [9.17, 15) is 5.11 Å². The van der Waals surface area contributed by atoms with Gasteiger partial charge in [-0.3, -0.25) is 0 Å². The van der Waals surface area contributed by atoms with E-state index in [-0.39, 0.29) is 0 Å². The van der Waals surface area contributed by atoms with Gasteiger partial charge in [0.05, 0.1) is 0 Å². The zero-order valence-electron chi connectivity index (χ0n) is 13.6. The fraction of sp³-hybridized carbons (Fsp3) is 0.368. The first kappa shape index (κ1) is 17.6. The van der Waals surface area contributed by atoms with Crippen molar-refractivity contribution in [2.75, 3.05) is 19.6 Å². The molecule has 0 aromatic heterocycles. The highest BCUT2D eigenvalue weighted by Crippen LogP contribution is 2.37. The van der Waals surface area contributed by atoms with Crippen molar-refractivity contribution in [2.24, 2.45) is 5.73 Å². The van der Waals surface area contributed by atoms with Crippen molar-refractivity contribution in [3.63, 3.8) is 0 Å². The average molecular weight is 363 g/mol. The summed E-state index contributed by atoms with van der Waals surface area (Å²) in [6.07, 6.45) is 4.59. The Labute approximate surface area is 152 Å². The summed E-state index contributed by atoms with van der Waals surface area (Å²) in [4.78, 5) is 1.38. The number of rotatable bonds is 4. The van der Waals surface area contributed by atoms with E-state index in [4.69, 9.17) is 17.3 Å². The maximum absolute atomic E-state index is 10.3. The molecule has 1 heterocycles. The molecule has 1 aliphatic carbocycles. The third-order valence-electron chi connectivity index (χ3n) is 4.50. The lowest BCUT2D eigenvalue weighted by molar-refractivity contribution is 0.416. The smallest absolute Gasteiger partial charge is 0.116 e. The number of benzene rings is 1. The van der Waals surface area contributed by atoms with Crippen LogP contribution in [-0.4, -0.2) is 24.7 Å². The minimum Gasteiger partial charge on any atom is -0.508 e. The Bertz CT molecular complexity index is 709. The van der Waals surface area contributed by atoms with Crippen molar-refractivity contribution < 1.29 is 5.11 Å². The SMILES string of the molecule is NCC1=C2\CCNC\C2=C(/SCc2ccccc2Cl)CC/C=C\1O. The summed E-state index contributed by atoms with van der Waals surface area (Å²) in [5.74, 6) is 1.22. The third-order valence-corrected chi connectivity index (χ3v) is 6.12. The minimum atomic E-state index is 0.363. The van der Waals surface area contributed by atoms with Gasteiger partial charge in [-0.1, -0.05) is 29.8 Å². The summed E-state index contributed by atoms with van der Waals surface area (Å²) in [6.45, 7) is 2.15. The van der Waals surface area contributed by atoms with Crippen molar-refractivity contribution in [3.8, 4) is 0 Å². The Balaban J connectivity index is 1.91. The van der Waals surface area contributed by atoms with Gasteiger partial charge in [0.1, 0.15) is 5.76 Å². The van der Waals surface area contributed by atoms with Crippen LogP contribution in [0.25, 0.3) is 0 Å². The van der Waals surface area contributed by atoms with Gasteiger partial charge in [0.15, 0.2) is 0 Å². The number of hydrogen-bond acceptors (Lipinski definition) is 4. The predicted molar refractivity (Wildman–Crippen MR) is 103 cm³/mol. The normalized spacial score (nSPS) is 27.0. The Morgan fingerprint density at radius 2 is 2.04 bits per heavy atom. The fourth-order valence-corrected chi connectivity index (χ4v) is 4.72. The van der Waals surface area contributed by atoms with Crippen LogP contribution in [0.1, 0.15) is 24.8 Å². The second-order valence-corrected chi connectivity index (χ2v) is 7.48. The second-order valence-electron chi connectivity index (χ2n) is 6.00. The van der Waals surface area contributed by atoms with Crippen LogP contribution < -0.4 is 11.1 Å². The Hall–Kier alpha value is -1.20. The van der Waals surface area contributed by atoms with Gasteiger partial charge in [-0.25, -0.2) is 0 Å². The number of thioether (sulfide) groups is 1. The van der Waals surface area contributed by atoms with Gasteiger partial charge < -0.3 is 16.2 Å². The van der Waals surface area contributed by atoms with Gasteiger partial charge in [0.25, 0.3) is 0 Å². The number of aliphatic hydroxyl groups is 1. The monoisotopic (exact) mass is 362 g/mol. The van der Waals surface area contributed by atoms with Crippen LogP contribution in [0.3, 0.4) is 0 Å². The zero-order chi connectivity index (χ0) is 16.9. The van der Waals surface area contributed by atoms with Gasteiger partial charge >= 0.3 is 0 Å². The first-order chi connectivity index (χ1) is 11.7. The van der Waals surface area contributed by atoms with E-state index in [0.717, 1.165) is 54.3 Å². The van der Waals surface area contributed by atoms with Crippen molar-refractivity contribution in [1.82, 2.24) is 5.32 Å². The molecule has 0 amide bonds. The highest BCUT2D eigenvalue weighted by Gasteiger charge is 2.22. The van der Waals surface area contributed by atoms with Crippen LogP contribution in [0.15, 0.2) is 57.7 Å². The Morgan fingerprint density at radius 3 is 2.83 bits per heavy atom. The van der Waals surface area contributed by atoms with Crippen LogP contribution >= 0.6 is 23.4 Å². The van der Waals surface area contributed by atoms with E-state index >= 15 is 0 Å². The molecule has 0 radical (unpaired) electrons. The lowest BCUT2D eigenvalue weighted by atomic mass is 9.90. The molecule has 5 heteroatoms. The average Bonchev–Trinajstić information content (AvgIpc) is 2.59. The molecule has 0 unspecified atom stereocenters. The highest BCUT2D eigenvalue weighted by atomic mass is 35.5. The van der Waals surface area contributed by atoms with Crippen LogP contribution in [0.2, 0.25) is 5.02 Å². The second kappa shape index (κ2) is 8.26. The lowest BCUT2D eigenvalue weighted by Crippen LogP contribution is -2.29. The third kappa shape index (κ3) is 3.89. The Kier molecular flexibility index (Phi) is 6.06. The number of halogens is 1. The molecular weight excluding hydrogens is 340 g/mol. The molecule has 1 aromatic rings. The summed E-state index contributed by atoms with van der Waals surface area (Å²) in [5, 5.41) is 14.6. The fourth-order valence-electron chi connectivity index (χ4n) is 3.22. The largest absolute Gasteiger partial charge is 0.508 e. The van der Waals surface area contributed by atoms with Crippen LogP contribution in [-0.2, 0) is 5.75 Å². The molecule has 1 aromatic carbocycles. The van der Waals surface area contributed by atoms with Gasteiger partial charge in [-0.05, 0) is 59.6 Å². The summed E-state index contributed by atoms with van der Waals surface area (Å²) in [6, 6.07) is 8.00. The van der Waals surface area contributed by atoms with Crippen molar-refractivity contribution in [3.05, 3.63) is 68.3 Å². The number of nitrogens with one attached hydrogen (secondary N) is 1. The van der Waals surface area contributed by atoms with Gasteiger partial charge in [0, 0.05) is 29.4 Å². The number of fused-ring (bicyclic) bond motifs is 1. The van der Waals surface area contributed by atoms with E-state index in [2.05, 4.69) is 11.4 Å². The van der Waals surface area contributed by atoms with Crippen LogP contribution in [0, 0.1) is 0 Å². The number of piperidine rings is 1. The van der Waals surface area contributed by atoms with Crippen molar-refractivity contribution in [1.29, 1.82) is 0 Å². The first-order valence-corrected chi connectivity index (χ1v) is 9.68. The van der Waals surface area contributed by atoms with E-state index in [0.29, 0.717) is 12.3 Å². The molecule has 0 saturated carbocycles. The van der Waals surface area contributed by atoms with Crippen LogP contribution in [0.5, 0.6) is 0 Å². The number of allylic oxidation sites excluding steroid dienone is 2. The van der Waals surface area contributed by atoms with Gasteiger partial charge in [0.2, 0.25) is 0 Å². The molecule has 0 atom stereocenters. The lowest BCUT2D eigenvalue weighted by Gasteiger charge is -2.27. The molecular formula is C19H23ClN2OS. The van der Waals surface area contributed by atoms with Gasteiger partial charge in [-0.2, -0.15) is 0 Å². The molecule has 2 aliphatic rings. The highest BCUT2D eigenvalue weighted by molar-refractivity contribution is 8.02. The minimum absolute atomic E-state index is 0.363. The van der Waals surface area contributed by atoms with Crippen molar-refractivity contribution in [2.45, 2.75) is 25.0 Å². The Morgan fingerprint density at radius 1 is 1.21 bits per heavy atom. The maximum Gasteiger partial charge on any atom is 0.116 e. The molecule has 128 valence electrons. The van der Waals surface area contributed by atoms with Gasteiger partial charge in [-0.15, -0.1) is 11.8 Å². The van der Waals surface area contributed by atoms with E-state index in [1.165, 1.54) is 16.1 Å². The summed E-state index contributed by atoms with van der Waals surface area (Å²) >= 11 is 8.15. The molecule has 1 fully saturated rings. The number of hydrogen-bond donors (Lipinski definition) is 3. The van der Waals surface area contributed by atoms with E-state index < -0.39 is 0 Å². The molecule has 4 N–H and O–H groups in total. The topological polar surface area (TPSA) is 58.3 Å². The molecule has 1 saturated heterocycles. The molecule has 24 heavy (non-hydrogen) atoms. The predicted octanol–water partition coefficient (Wildman–Crippen LogP) is 4.31. The zero-order valence-corrected chi connectivity index (χ0v) is 15.2. The molecule has 1 aliphatic heterocycles. The standard InChI is InChI=1S/C19H23ClN2OS/c20-17-5-2-1-4-13(17)12-24-19-7-3-6-18(23)15(10-21)14-8-9-22-11-16(14)19/h1-2,4-6,22-23H,3,7-12,21H2/b15-14-,18-6+,19-16+. The summed E-state index contributed by atoms with van der Waals surface area (Å²) in [5.41, 5.74) is 10.5. The number of aliphatic hydroxyl groups excluding tert-OH is 1. The molecule has 0 spiro atoms. The van der Waals surface area contributed by atoms with Crippen molar-refractivity contribution >= 4 is 23.4 Å².